The van der Waals surface area contributed by atoms with Gasteiger partial charge in [-0.2, -0.15) is 0 Å². The Morgan fingerprint density at radius 2 is 2.00 bits per heavy atom. The number of carbonyl (C=O) groups is 1. The van der Waals surface area contributed by atoms with Crippen LogP contribution in [0.15, 0.2) is 47.1 Å². The molecule has 0 aliphatic carbocycles. The third kappa shape index (κ3) is 4.04. The fourth-order valence-corrected chi connectivity index (χ4v) is 2.37. The van der Waals surface area contributed by atoms with Gasteiger partial charge in [0.15, 0.2) is 0 Å². The summed E-state index contributed by atoms with van der Waals surface area (Å²) < 4.78 is 5.79. The number of pyridine rings is 1. The van der Waals surface area contributed by atoms with Gasteiger partial charge in [0.1, 0.15) is 16.0 Å². The molecule has 1 amide bonds. The van der Waals surface area contributed by atoms with Crippen LogP contribution in [-0.2, 0) is 0 Å². The lowest BCUT2D eigenvalue weighted by Gasteiger charge is -2.17. The van der Waals surface area contributed by atoms with Crippen molar-refractivity contribution in [2.24, 2.45) is 0 Å². The molecule has 110 valence electrons. The first kappa shape index (κ1) is 15.5. The van der Waals surface area contributed by atoms with E-state index in [4.69, 9.17) is 4.74 Å². The molecule has 1 aromatic carbocycles. The number of amides is 1. The second-order valence-corrected chi connectivity index (χ2v) is 5.37. The van der Waals surface area contributed by atoms with Gasteiger partial charge in [-0.15, -0.1) is 0 Å². The van der Waals surface area contributed by atoms with Gasteiger partial charge in [-0.3, -0.25) is 4.79 Å². The van der Waals surface area contributed by atoms with Crippen LogP contribution in [0.5, 0.6) is 5.75 Å². The Labute approximate surface area is 132 Å². The van der Waals surface area contributed by atoms with Gasteiger partial charge < -0.3 is 10.1 Å². The topological polar surface area (TPSA) is 51.2 Å². The molecule has 1 aromatic heterocycles. The van der Waals surface area contributed by atoms with Crippen LogP contribution in [0, 0.1) is 0 Å². The number of methoxy groups -OCH3 is 1. The van der Waals surface area contributed by atoms with Crippen molar-refractivity contribution in [3.05, 3.63) is 58.3 Å². The van der Waals surface area contributed by atoms with Crippen LogP contribution < -0.4 is 10.1 Å². The zero-order valence-corrected chi connectivity index (χ0v) is 13.6. The maximum Gasteiger partial charge on any atom is 0.270 e. The average Bonchev–Trinajstić information content (AvgIpc) is 2.52. The zero-order valence-electron chi connectivity index (χ0n) is 12.0. The summed E-state index contributed by atoms with van der Waals surface area (Å²) in [6.07, 6.45) is 0.798. The van der Waals surface area contributed by atoms with Crippen LogP contribution in [0.3, 0.4) is 0 Å². The number of nitrogens with zero attached hydrogens (tertiary/aromatic N) is 1. The highest BCUT2D eigenvalue weighted by atomic mass is 79.9. The smallest absolute Gasteiger partial charge is 0.270 e. The number of halogens is 1. The van der Waals surface area contributed by atoms with E-state index in [1.807, 2.05) is 31.2 Å². The fraction of sp³-hybridized carbons (Fsp3) is 0.250. The molecule has 1 N–H and O–H groups in total. The highest BCUT2D eigenvalue weighted by molar-refractivity contribution is 9.10. The number of hydrogen-bond acceptors (Lipinski definition) is 3. The summed E-state index contributed by atoms with van der Waals surface area (Å²) in [5, 5.41) is 3.00. The lowest BCUT2D eigenvalue weighted by Crippen LogP contribution is -2.28. The van der Waals surface area contributed by atoms with Crippen molar-refractivity contribution in [1.82, 2.24) is 10.3 Å². The predicted molar refractivity (Wildman–Crippen MR) is 85.4 cm³/mol. The standard InChI is InChI=1S/C16H17BrN2O2/c1-3-13(11-7-9-12(21-2)10-8-11)19-16(20)14-5-4-6-15(17)18-14/h4-10,13H,3H2,1-2H3,(H,19,20). The van der Waals surface area contributed by atoms with E-state index in [1.54, 1.807) is 25.3 Å². The minimum Gasteiger partial charge on any atom is -0.497 e. The average molecular weight is 349 g/mol. The Kier molecular flexibility index (Phi) is 5.33. The van der Waals surface area contributed by atoms with Gasteiger partial charge in [-0.25, -0.2) is 4.98 Å². The van der Waals surface area contributed by atoms with E-state index in [0.29, 0.717) is 10.3 Å². The van der Waals surface area contributed by atoms with Crippen molar-refractivity contribution < 1.29 is 9.53 Å². The number of ether oxygens (including phenoxy) is 1. The first-order valence-electron chi connectivity index (χ1n) is 6.71. The molecule has 0 saturated heterocycles. The molecule has 2 aromatic rings. The largest absolute Gasteiger partial charge is 0.497 e. The number of aromatic nitrogens is 1. The molecule has 1 atom stereocenters. The molecule has 0 saturated carbocycles. The first-order chi connectivity index (χ1) is 10.1. The van der Waals surface area contributed by atoms with E-state index in [1.165, 1.54) is 0 Å². The molecule has 0 radical (unpaired) electrons. The van der Waals surface area contributed by atoms with E-state index in [9.17, 15) is 4.79 Å². The fourth-order valence-electron chi connectivity index (χ4n) is 2.02. The zero-order chi connectivity index (χ0) is 15.2. The van der Waals surface area contributed by atoms with Crippen LogP contribution >= 0.6 is 15.9 Å². The molecule has 4 nitrogen and oxygen atoms in total. The summed E-state index contributed by atoms with van der Waals surface area (Å²) in [7, 11) is 1.63. The second kappa shape index (κ2) is 7.22. The van der Waals surface area contributed by atoms with Gasteiger partial charge in [-0.1, -0.05) is 25.1 Å². The van der Waals surface area contributed by atoms with Crippen LogP contribution in [0.2, 0.25) is 0 Å². The van der Waals surface area contributed by atoms with Crippen molar-refractivity contribution in [2.45, 2.75) is 19.4 Å². The number of carbonyl (C=O) groups excluding carboxylic acids is 1. The minimum atomic E-state index is -0.182. The Morgan fingerprint density at radius 3 is 2.57 bits per heavy atom. The first-order valence-corrected chi connectivity index (χ1v) is 7.50. The van der Waals surface area contributed by atoms with Gasteiger partial charge >= 0.3 is 0 Å². The number of nitrogens with one attached hydrogen (secondary N) is 1. The summed E-state index contributed by atoms with van der Waals surface area (Å²) in [6.45, 7) is 2.03. The minimum absolute atomic E-state index is 0.0517. The Bertz CT molecular complexity index is 614. The van der Waals surface area contributed by atoms with Crippen molar-refractivity contribution in [3.63, 3.8) is 0 Å². The molecule has 5 heteroatoms. The van der Waals surface area contributed by atoms with E-state index in [0.717, 1.165) is 17.7 Å². The number of benzene rings is 1. The summed E-state index contributed by atoms with van der Waals surface area (Å²) in [4.78, 5) is 16.4. The third-order valence-corrected chi connectivity index (χ3v) is 3.62. The third-order valence-electron chi connectivity index (χ3n) is 3.18. The van der Waals surface area contributed by atoms with E-state index in [-0.39, 0.29) is 11.9 Å². The molecule has 0 aliphatic heterocycles. The van der Waals surface area contributed by atoms with Gasteiger partial charge in [-0.05, 0) is 52.2 Å². The molecule has 1 unspecified atom stereocenters. The molecular formula is C16H17BrN2O2. The molecule has 21 heavy (non-hydrogen) atoms. The summed E-state index contributed by atoms with van der Waals surface area (Å²) >= 11 is 3.27. The lowest BCUT2D eigenvalue weighted by molar-refractivity contribution is 0.0930. The Hall–Kier alpha value is -1.88. The molecule has 0 aliphatic rings. The van der Waals surface area contributed by atoms with Crippen molar-refractivity contribution in [1.29, 1.82) is 0 Å². The normalized spacial score (nSPS) is 11.8. The van der Waals surface area contributed by atoms with Crippen molar-refractivity contribution in [2.75, 3.05) is 7.11 Å². The monoisotopic (exact) mass is 348 g/mol. The maximum absolute atomic E-state index is 12.2. The molecular weight excluding hydrogens is 332 g/mol. The quantitative estimate of drug-likeness (QED) is 0.837. The van der Waals surface area contributed by atoms with E-state index >= 15 is 0 Å². The van der Waals surface area contributed by atoms with Crippen LogP contribution in [-0.4, -0.2) is 18.0 Å². The number of hydrogen-bond donors (Lipinski definition) is 1. The Balaban J connectivity index is 2.12. The van der Waals surface area contributed by atoms with Gasteiger partial charge in [0, 0.05) is 0 Å². The molecule has 0 spiro atoms. The van der Waals surface area contributed by atoms with Crippen LogP contribution in [0.1, 0.15) is 35.4 Å². The second-order valence-electron chi connectivity index (χ2n) is 4.55. The predicted octanol–water partition coefficient (Wildman–Crippen LogP) is 3.73. The van der Waals surface area contributed by atoms with Crippen LogP contribution in [0.25, 0.3) is 0 Å². The summed E-state index contributed by atoms with van der Waals surface area (Å²) in [6, 6.07) is 12.9. The van der Waals surface area contributed by atoms with E-state index in [2.05, 4.69) is 26.2 Å². The molecule has 0 fully saturated rings. The lowest BCUT2D eigenvalue weighted by atomic mass is 10.0. The Morgan fingerprint density at radius 1 is 1.29 bits per heavy atom. The van der Waals surface area contributed by atoms with Gasteiger partial charge in [0.2, 0.25) is 0 Å². The summed E-state index contributed by atoms with van der Waals surface area (Å²) in [5.74, 6) is 0.618. The molecule has 1 heterocycles. The molecule has 2 rings (SSSR count). The van der Waals surface area contributed by atoms with Crippen molar-refractivity contribution in [3.8, 4) is 5.75 Å². The van der Waals surface area contributed by atoms with Gasteiger partial charge in [0.05, 0.1) is 13.2 Å². The number of rotatable bonds is 5. The van der Waals surface area contributed by atoms with Gasteiger partial charge in [0.25, 0.3) is 5.91 Å². The highest BCUT2D eigenvalue weighted by Crippen LogP contribution is 2.20. The maximum atomic E-state index is 12.2. The highest BCUT2D eigenvalue weighted by Gasteiger charge is 2.15. The van der Waals surface area contributed by atoms with Crippen LogP contribution in [0.4, 0.5) is 0 Å². The van der Waals surface area contributed by atoms with E-state index < -0.39 is 0 Å². The summed E-state index contributed by atoms with van der Waals surface area (Å²) in [5.41, 5.74) is 1.44. The SMILES string of the molecule is CCC(NC(=O)c1cccc(Br)n1)c1ccc(OC)cc1. The molecule has 0 bridgehead atoms. The van der Waals surface area contributed by atoms with Crippen molar-refractivity contribution >= 4 is 21.8 Å².